The average molecular weight is 1270 g/mol. The Bertz CT molecular complexity index is 7170. The van der Waals surface area contributed by atoms with Crippen LogP contribution in [0, 0.1) is 0 Å². The van der Waals surface area contributed by atoms with E-state index in [4.69, 9.17) is 9.97 Å². The quantitative estimate of drug-likeness (QED) is 0.160. The van der Waals surface area contributed by atoms with E-state index >= 15 is 0 Å². The highest BCUT2D eigenvalue weighted by atomic mass is 15.0. The Morgan fingerprint density at radius 3 is 1.19 bits per heavy atom. The standard InChI is InChI=1S/C94H54N6/c1-3-16-62(17-4-1)97-83-39-30-59(52-79(83)80-53-60(31-40-84(80)97)61-29-35-70-68-23-11-13-25-81(68)100(89(70)54-61)88-43-37-71-65-21-9-10-22-66(65)73-45-47-96-93(88)90(71)73)56-28-34-67-74-46-48-95-92-87(44-38-72(91(74)92)76(67)49-56)99-82-26-14-12-24-69(82)77-50-57(33-42-86(77)99)58-32-41-85-78(51-58)75-36-27-55-15-7-8-20-64(55)94(75)98(85)63-18-5-2-6-19-63/h1-54H. The lowest BCUT2D eigenvalue weighted by molar-refractivity contribution is 1.18. The van der Waals surface area contributed by atoms with Crippen molar-refractivity contribution in [3.05, 3.63) is 328 Å². The zero-order valence-electron chi connectivity index (χ0n) is 53.9. The molecule has 0 saturated carbocycles. The second kappa shape index (κ2) is 20.1. The fourth-order valence-corrected chi connectivity index (χ4v) is 17.8. The average Bonchev–Trinajstić information content (AvgIpc) is 1.57. The van der Waals surface area contributed by atoms with Gasteiger partial charge in [-0.2, -0.15) is 0 Å². The molecule has 6 aromatic heterocycles. The summed E-state index contributed by atoms with van der Waals surface area (Å²) in [5.74, 6) is 0. The second-order valence-corrected chi connectivity index (χ2v) is 27.1. The number of aromatic nitrogens is 6. The smallest absolute Gasteiger partial charge is 0.0954 e. The monoisotopic (exact) mass is 1270 g/mol. The molecule has 0 saturated heterocycles. The van der Waals surface area contributed by atoms with Gasteiger partial charge in [0, 0.05) is 83.0 Å². The first-order valence-electron chi connectivity index (χ1n) is 34.4. The van der Waals surface area contributed by atoms with Crippen LogP contribution in [0.25, 0.3) is 220 Å². The van der Waals surface area contributed by atoms with Gasteiger partial charge in [-0.1, -0.05) is 194 Å². The second-order valence-electron chi connectivity index (χ2n) is 27.1. The first kappa shape index (κ1) is 53.8. The highest BCUT2D eigenvalue weighted by Crippen LogP contribution is 2.52. The number of rotatable bonds is 7. The summed E-state index contributed by atoms with van der Waals surface area (Å²) in [6.45, 7) is 0. The topological polar surface area (TPSA) is 45.5 Å². The molecule has 100 heavy (non-hydrogen) atoms. The molecule has 0 amide bonds. The van der Waals surface area contributed by atoms with Gasteiger partial charge in [-0.15, -0.1) is 0 Å². The van der Waals surface area contributed by atoms with E-state index in [0.717, 1.165) is 78.0 Å². The number of benzene rings is 15. The van der Waals surface area contributed by atoms with Crippen LogP contribution in [0.1, 0.15) is 0 Å². The van der Waals surface area contributed by atoms with E-state index in [-0.39, 0.29) is 0 Å². The highest BCUT2D eigenvalue weighted by molar-refractivity contribution is 6.23. The third-order valence-electron chi connectivity index (χ3n) is 22.1. The molecule has 6 heterocycles. The van der Waals surface area contributed by atoms with Crippen molar-refractivity contribution in [3.8, 4) is 101 Å². The molecular weight excluding hydrogens is 1210 g/mol. The van der Waals surface area contributed by atoms with Crippen LogP contribution in [0.2, 0.25) is 0 Å². The number of nitrogens with zero attached hydrogens (tertiary/aromatic N) is 6. The van der Waals surface area contributed by atoms with Crippen LogP contribution in [-0.2, 0) is 0 Å². The molecular formula is C94H54N6. The van der Waals surface area contributed by atoms with E-state index < -0.39 is 0 Å². The van der Waals surface area contributed by atoms with Gasteiger partial charge in [-0.25, -0.2) is 0 Å². The Labute approximate surface area is 573 Å². The molecule has 0 fully saturated rings. The summed E-state index contributed by atoms with van der Waals surface area (Å²) in [4.78, 5) is 10.5. The van der Waals surface area contributed by atoms with Crippen molar-refractivity contribution in [1.29, 1.82) is 0 Å². The zero-order valence-corrected chi connectivity index (χ0v) is 53.9. The van der Waals surface area contributed by atoms with Crippen LogP contribution in [0.15, 0.2) is 328 Å². The number of hydrogen-bond acceptors (Lipinski definition) is 2. The van der Waals surface area contributed by atoms with Gasteiger partial charge in [0.05, 0.1) is 66.5 Å². The van der Waals surface area contributed by atoms with Crippen molar-refractivity contribution in [3.63, 3.8) is 0 Å². The summed E-state index contributed by atoms with van der Waals surface area (Å²) < 4.78 is 9.75. The lowest BCUT2D eigenvalue weighted by Crippen LogP contribution is -1.97. The molecule has 21 aromatic rings. The Morgan fingerprint density at radius 2 is 0.580 bits per heavy atom. The number of pyridine rings is 2. The predicted octanol–water partition coefficient (Wildman–Crippen LogP) is 24.6. The lowest BCUT2D eigenvalue weighted by atomic mass is 9.96. The summed E-state index contributed by atoms with van der Waals surface area (Å²) in [7, 11) is 0. The maximum atomic E-state index is 5.30. The van der Waals surface area contributed by atoms with Crippen LogP contribution in [0.3, 0.4) is 0 Å². The van der Waals surface area contributed by atoms with Gasteiger partial charge in [0.1, 0.15) is 0 Å². The molecule has 2 aliphatic carbocycles. The maximum absolute atomic E-state index is 5.30. The van der Waals surface area contributed by atoms with Crippen LogP contribution in [0.5, 0.6) is 0 Å². The van der Waals surface area contributed by atoms with E-state index in [0.29, 0.717) is 0 Å². The first-order valence-corrected chi connectivity index (χ1v) is 34.4. The fourth-order valence-electron chi connectivity index (χ4n) is 17.8. The van der Waals surface area contributed by atoms with Crippen molar-refractivity contribution in [2.45, 2.75) is 0 Å². The molecule has 23 rings (SSSR count). The molecule has 0 N–H and O–H groups in total. The Balaban J connectivity index is 0.634. The molecule has 6 heteroatoms. The molecule has 6 nitrogen and oxygen atoms in total. The summed E-state index contributed by atoms with van der Waals surface area (Å²) in [6.07, 6.45) is 3.98. The van der Waals surface area contributed by atoms with Crippen molar-refractivity contribution in [2.75, 3.05) is 0 Å². The van der Waals surface area contributed by atoms with Gasteiger partial charge in [-0.05, 0) is 205 Å². The van der Waals surface area contributed by atoms with Crippen LogP contribution >= 0.6 is 0 Å². The van der Waals surface area contributed by atoms with Gasteiger partial charge < -0.3 is 18.3 Å². The van der Waals surface area contributed by atoms with Gasteiger partial charge in [0.15, 0.2) is 0 Å². The molecule has 0 spiro atoms. The van der Waals surface area contributed by atoms with Gasteiger partial charge >= 0.3 is 0 Å². The highest BCUT2D eigenvalue weighted by Gasteiger charge is 2.29. The van der Waals surface area contributed by atoms with Crippen LogP contribution < -0.4 is 0 Å². The molecule has 2 aliphatic rings. The molecule has 0 bridgehead atoms. The van der Waals surface area contributed by atoms with Gasteiger partial charge in [-0.3, -0.25) is 9.97 Å². The summed E-state index contributed by atoms with van der Waals surface area (Å²) in [5, 5.41) is 14.6. The zero-order chi connectivity index (χ0) is 65.0. The predicted molar refractivity (Wildman–Crippen MR) is 417 cm³/mol. The van der Waals surface area contributed by atoms with Crippen LogP contribution in [0.4, 0.5) is 0 Å². The SMILES string of the molecule is c1ccc(-n2c3ccc(-c4ccc5c(c4)-c4ccc(-n6c7ccccc7c7cc(-c8ccc9c(c8)c8ccc%10ccccc%10c8n9-c8ccccc8)ccc76)c6nccc-5c46)cc3c3cc(-c4ccc5c6ccccc6n(-c6ccc7c8c(ccnc68)-c6ccccc6-7)c5c4)ccc32)cc1. The third kappa shape index (κ3) is 7.35. The summed E-state index contributed by atoms with van der Waals surface area (Å²) in [6, 6.07) is 117. The Kier molecular flexibility index (Phi) is 10.8. The van der Waals surface area contributed by atoms with E-state index in [1.54, 1.807) is 0 Å². The maximum Gasteiger partial charge on any atom is 0.0954 e. The molecule has 0 atom stereocenters. The first-order chi connectivity index (χ1) is 49.6. The van der Waals surface area contributed by atoms with E-state index in [1.807, 2.05) is 12.4 Å². The van der Waals surface area contributed by atoms with Crippen molar-refractivity contribution in [2.24, 2.45) is 0 Å². The number of hydrogen-bond donors (Lipinski definition) is 0. The largest absolute Gasteiger partial charge is 0.309 e. The molecule has 0 aliphatic heterocycles. The van der Waals surface area contributed by atoms with Gasteiger partial charge in [0.25, 0.3) is 0 Å². The molecule has 0 unspecified atom stereocenters. The van der Waals surface area contributed by atoms with Crippen LogP contribution in [-0.4, -0.2) is 28.2 Å². The number of fused-ring (bicyclic) bond motifs is 20. The minimum atomic E-state index is 0.989. The summed E-state index contributed by atoms with van der Waals surface area (Å²) in [5.41, 5.74) is 32.7. The van der Waals surface area contributed by atoms with E-state index in [9.17, 15) is 0 Å². The Morgan fingerprint density at radius 1 is 0.200 bits per heavy atom. The van der Waals surface area contributed by atoms with Crippen molar-refractivity contribution < 1.29 is 0 Å². The van der Waals surface area contributed by atoms with Crippen molar-refractivity contribution in [1.82, 2.24) is 28.2 Å². The summed E-state index contributed by atoms with van der Waals surface area (Å²) >= 11 is 0. The Hall–Kier alpha value is -13.4. The lowest BCUT2D eigenvalue weighted by Gasteiger charge is -2.13. The van der Waals surface area contributed by atoms with Crippen molar-refractivity contribution >= 4 is 120 Å². The van der Waals surface area contributed by atoms with E-state index in [1.165, 1.54) is 142 Å². The van der Waals surface area contributed by atoms with E-state index in [2.05, 4.69) is 334 Å². The molecule has 15 aromatic carbocycles. The normalized spacial score (nSPS) is 12.4. The van der Waals surface area contributed by atoms with Gasteiger partial charge in [0.2, 0.25) is 0 Å². The number of para-hydroxylation sites is 4. The minimum absolute atomic E-state index is 0.989. The fraction of sp³-hybridized carbons (Fsp3) is 0. The minimum Gasteiger partial charge on any atom is -0.309 e. The third-order valence-corrected chi connectivity index (χ3v) is 22.1. The molecule has 460 valence electrons. The molecule has 0 radical (unpaired) electrons.